The highest BCUT2D eigenvalue weighted by molar-refractivity contribution is 7.89. The Morgan fingerprint density at radius 3 is 2.50 bits per heavy atom. The summed E-state index contributed by atoms with van der Waals surface area (Å²) >= 11 is 0. The van der Waals surface area contributed by atoms with Gasteiger partial charge in [-0.1, -0.05) is 42.5 Å². The minimum atomic E-state index is -3.98. The van der Waals surface area contributed by atoms with Gasteiger partial charge in [-0.2, -0.15) is 4.31 Å². The molecule has 5 rings (SSSR count). The van der Waals surface area contributed by atoms with Crippen LogP contribution in [0.1, 0.15) is 18.4 Å². The number of carbonyl (C=O) groups excluding carboxylic acids is 2. The van der Waals surface area contributed by atoms with Crippen molar-refractivity contribution in [1.29, 1.82) is 0 Å². The first kappa shape index (κ1) is 29.4. The van der Waals surface area contributed by atoms with E-state index in [-0.39, 0.29) is 42.1 Å². The Kier molecular flexibility index (Phi) is 8.98. The Balaban J connectivity index is 1.32. The number of ether oxygens (including phenoxy) is 3. The van der Waals surface area contributed by atoms with Gasteiger partial charge in [0.25, 0.3) is 5.91 Å². The predicted molar refractivity (Wildman–Crippen MR) is 157 cm³/mol. The summed E-state index contributed by atoms with van der Waals surface area (Å²) < 4.78 is 45.3. The van der Waals surface area contributed by atoms with Gasteiger partial charge in [-0.15, -0.1) is 0 Å². The van der Waals surface area contributed by atoms with Crippen LogP contribution in [0.3, 0.4) is 0 Å². The van der Waals surface area contributed by atoms with Gasteiger partial charge in [-0.25, -0.2) is 8.42 Å². The van der Waals surface area contributed by atoms with Crippen LogP contribution >= 0.6 is 0 Å². The molecule has 10 nitrogen and oxygen atoms in total. The molecule has 0 aliphatic carbocycles. The standard InChI is InChI=1S/C31H35N3O7S/c1-39-24-14-15-27(40-2)29(19-24)42(37,38)33-18-8-11-23(20-33)31(36)34-21-28(41-26-13-7-6-12-25(26)34)30(35)32-17-16-22-9-4-3-5-10-22/h3-7,9-10,12-15,19,23,28H,8,11,16-18,20-21H2,1-2H3,(H,32,35). The van der Waals surface area contributed by atoms with Gasteiger partial charge in [-0.05, 0) is 49.1 Å². The van der Waals surface area contributed by atoms with Gasteiger partial charge < -0.3 is 24.4 Å². The Labute approximate surface area is 246 Å². The van der Waals surface area contributed by atoms with Crippen molar-refractivity contribution in [1.82, 2.24) is 9.62 Å². The van der Waals surface area contributed by atoms with E-state index in [0.29, 0.717) is 43.0 Å². The first-order valence-electron chi connectivity index (χ1n) is 13.9. The van der Waals surface area contributed by atoms with Crippen LogP contribution in [0.2, 0.25) is 0 Å². The second-order valence-corrected chi connectivity index (χ2v) is 12.2. The van der Waals surface area contributed by atoms with E-state index in [1.54, 1.807) is 41.3 Å². The highest BCUT2D eigenvalue weighted by atomic mass is 32.2. The van der Waals surface area contributed by atoms with Gasteiger partial charge in [0, 0.05) is 25.7 Å². The number of para-hydroxylation sites is 2. The third-order valence-electron chi connectivity index (χ3n) is 7.61. The topological polar surface area (TPSA) is 114 Å². The van der Waals surface area contributed by atoms with E-state index in [0.717, 1.165) is 5.56 Å². The summed E-state index contributed by atoms with van der Waals surface area (Å²) in [6, 6.07) is 21.5. The molecule has 0 saturated carbocycles. The molecule has 11 heteroatoms. The predicted octanol–water partition coefficient (Wildman–Crippen LogP) is 3.26. The second kappa shape index (κ2) is 12.8. The molecule has 1 N–H and O–H groups in total. The van der Waals surface area contributed by atoms with Crippen molar-refractivity contribution in [3.8, 4) is 17.2 Å². The number of methoxy groups -OCH3 is 2. The lowest BCUT2D eigenvalue weighted by Gasteiger charge is -2.38. The number of amides is 2. The minimum absolute atomic E-state index is 0.00892. The first-order chi connectivity index (χ1) is 20.3. The molecule has 2 atom stereocenters. The molecule has 0 bridgehead atoms. The Hall–Kier alpha value is -4.09. The molecule has 1 saturated heterocycles. The van der Waals surface area contributed by atoms with Crippen LogP contribution < -0.4 is 24.4 Å². The molecule has 3 aromatic rings. The number of carbonyl (C=O) groups is 2. The summed E-state index contributed by atoms with van der Waals surface area (Å²) in [6.07, 6.45) is 0.803. The first-order valence-corrected chi connectivity index (χ1v) is 15.4. The van der Waals surface area contributed by atoms with Gasteiger partial charge >= 0.3 is 0 Å². The second-order valence-electron chi connectivity index (χ2n) is 10.3. The average molecular weight is 594 g/mol. The normalized spacial score (nSPS) is 18.9. The number of sulfonamides is 1. The van der Waals surface area contributed by atoms with Crippen LogP contribution in [0, 0.1) is 5.92 Å². The highest BCUT2D eigenvalue weighted by Crippen LogP contribution is 2.37. The van der Waals surface area contributed by atoms with Gasteiger partial charge in [-0.3, -0.25) is 9.59 Å². The van der Waals surface area contributed by atoms with Crippen LogP contribution in [0.5, 0.6) is 17.2 Å². The zero-order chi connectivity index (χ0) is 29.7. The van der Waals surface area contributed by atoms with E-state index in [4.69, 9.17) is 14.2 Å². The minimum Gasteiger partial charge on any atom is -0.497 e. The van der Waals surface area contributed by atoms with Crippen LogP contribution in [0.25, 0.3) is 0 Å². The number of piperidine rings is 1. The number of hydrogen-bond acceptors (Lipinski definition) is 7. The smallest absolute Gasteiger partial charge is 0.262 e. The van der Waals surface area contributed by atoms with Gasteiger partial charge in [0.2, 0.25) is 15.9 Å². The number of anilines is 1. The monoisotopic (exact) mass is 593 g/mol. The quantitative estimate of drug-likeness (QED) is 0.405. The SMILES string of the molecule is COc1ccc(OC)c(S(=O)(=O)N2CCCC(C(=O)N3CC(C(=O)NCCc4ccccc4)Oc4ccccc43)C2)c1. The van der Waals surface area contributed by atoms with Crippen LogP contribution in [-0.4, -0.2) is 71.0 Å². The summed E-state index contributed by atoms with van der Waals surface area (Å²) in [5.41, 5.74) is 1.66. The molecule has 2 aliphatic rings. The third-order valence-corrected chi connectivity index (χ3v) is 9.50. The summed E-state index contributed by atoms with van der Waals surface area (Å²) in [5, 5.41) is 2.92. The number of fused-ring (bicyclic) bond motifs is 1. The fourth-order valence-electron chi connectivity index (χ4n) is 5.38. The molecule has 2 aliphatic heterocycles. The molecule has 0 spiro atoms. The molecule has 42 heavy (non-hydrogen) atoms. The molecule has 0 radical (unpaired) electrons. The molecule has 1 fully saturated rings. The number of benzene rings is 3. The number of nitrogens with zero attached hydrogens (tertiary/aromatic N) is 2. The molecule has 2 unspecified atom stereocenters. The third kappa shape index (κ3) is 6.22. The maximum Gasteiger partial charge on any atom is 0.262 e. The largest absolute Gasteiger partial charge is 0.497 e. The fraction of sp³-hybridized carbons (Fsp3) is 0.355. The van der Waals surface area contributed by atoms with Crippen molar-refractivity contribution in [2.45, 2.75) is 30.3 Å². The lowest BCUT2D eigenvalue weighted by Crippen LogP contribution is -2.54. The van der Waals surface area contributed by atoms with Crippen molar-refractivity contribution < 1.29 is 32.2 Å². The van der Waals surface area contributed by atoms with E-state index < -0.39 is 22.0 Å². The van der Waals surface area contributed by atoms with Crippen molar-refractivity contribution in [3.63, 3.8) is 0 Å². The van der Waals surface area contributed by atoms with E-state index in [1.807, 2.05) is 30.3 Å². The summed E-state index contributed by atoms with van der Waals surface area (Å²) in [5.74, 6) is -0.133. The molecule has 2 amide bonds. The molecular weight excluding hydrogens is 558 g/mol. The summed E-state index contributed by atoms with van der Waals surface area (Å²) in [6.45, 7) is 0.745. The van der Waals surface area contributed by atoms with E-state index in [2.05, 4.69) is 5.32 Å². The maximum atomic E-state index is 14.0. The highest BCUT2D eigenvalue weighted by Gasteiger charge is 2.40. The van der Waals surface area contributed by atoms with Crippen molar-refractivity contribution in [3.05, 3.63) is 78.4 Å². The van der Waals surface area contributed by atoms with Gasteiger partial charge in [0.05, 0.1) is 32.4 Å². The van der Waals surface area contributed by atoms with Crippen molar-refractivity contribution >= 4 is 27.5 Å². The molecule has 2 heterocycles. The zero-order valence-corrected chi connectivity index (χ0v) is 24.5. The number of nitrogens with one attached hydrogen (secondary N) is 1. The van der Waals surface area contributed by atoms with Crippen LogP contribution in [0.4, 0.5) is 5.69 Å². The van der Waals surface area contributed by atoms with Crippen LogP contribution in [-0.2, 0) is 26.0 Å². The van der Waals surface area contributed by atoms with E-state index in [1.165, 1.54) is 24.6 Å². The Bertz CT molecular complexity index is 1530. The Morgan fingerprint density at radius 2 is 1.74 bits per heavy atom. The zero-order valence-electron chi connectivity index (χ0n) is 23.7. The number of hydrogen-bond donors (Lipinski definition) is 1. The maximum absolute atomic E-state index is 14.0. The van der Waals surface area contributed by atoms with Crippen molar-refractivity contribution in [2.75, 3.05) is 45.3 Å². The molecule has 3 aromatic carbocycles. The van der Waals surface area contributed by atoms with E-state index in [9.17, 15) is 18.0 Å². The number of rotatable bonds is 9. The van der Waals surface area contributed by atoms with E-state index >= 15 is 0 Å². The van der Waals surface area contributed by atoms with Gasteiger partial charge in [0.15, 0.2) is 6.10 Å². The van der Waals surface area contributed by atoms with Gasteiger partial charge in [0.1, 0.15) is 22.1 Å². The fourth-order valence-corrected chi connectivity index (χ4v) is 7.07. The Morgan fingerprint density at radius 1 is 0.976 bits per heavy atom. The lowest BCUT2D eigenvalue weighted by molar-refractivity contribution is -0.129. The summed E-state index contributed by atoms with van der Waals surface area (Å²) in [4.78, 5) is 28.7. The summed E-state index contributed by atoms with van der Waals surface area (Å²) in [7, 11) is -1.11. The average Bonchev–Trinajstić information content (AvgIpc) is 3.04. The lowest BCUT2D eigenvalue weighted by atomic mass is 9.97. The van der Waals surface area contributed by atoms with Crippen molar-refractivity contribution in [2.24, 2.45) is 5.92 Å². The molecular formula is C31H35N3O7S. The molecule has 222 valence electrons. The van der Waals surface area contributed by atoms with Crippen LogP contribution in [0.15, 0.2) is 77.7 Å². The molecule has 0 aromatic heterocycles.